The first kappa shape index (κ1) is 21.7. The molecule has 0 saturated heterocycles. The number of carbonyl (C=O) groups is 1. The SMILES string of the molecule is O=C(Nc1cnn(COCC(F)(F)F)c1)c1cccc(COCC(F)(F)F)c1. The average molecular weight is 411 g/mol. The number of hydrogen-bond acceptors (Lipinski definition) is 4. The summed E-state index contributed by atoms with van der Waals surface area (Å²) in [6, 6.07) is 5.79. The Labute approximate surface area is 155 Å². The highest BCUT2D eigenvalue weighted by Gasteiger charge is 2.28. The Morgan fingerprint density at radius 1 is 1.07 bits per heavy atom. The van der Waals surface area contributed by atoms with Gasteiger partial charge in [-0.3, -0.25) is 4.79 Å². The summed E-state index contributed by atoms with van der Waals surface area (Å²) in [6.45, 7) is -3.62. The first-order valence-corrected chi connectivity index (χ1v) is 7.73. The Balaban J connectivity index is 1.88. The predicted molar refractivity (Wildman–Crippen MR) is 84.3 cm³/mol. The van der Waals surface area contributed by atoms with Crippen LogP contribution in [0.15, 0.2) is 36.7 Å². The molecule has 0 saturated carbocycles. The van der Waals surface area contributed by atoms with Crippen LogP contribution in [0.25, 0.3) is 0 Å². The molecule has 1 N–H and O–H groups in total. The van der Waals surface area contributed by atoms with E-state index in [0.29, 0.717) is 5.56 Å². The van der Waals surface area contributed by atoms with Crippen molar-refractivity contribution in [2.75, 3.05) is 18.5 Å². The average Bonchev–Trinajstić information content (AvgIpc) is 3.00. The number of hydrogen-bond donors (Lipinski definition) is 1. The number of alkyl halides is 6. The van der Waals surface area contributed by atoms with Gasteiger partial charge >= 0.3 is 12.4 Å². The maximum atomic E-state index is 12.2. The molecule has 2 rings (SSSR count). The predicted octanol–water partition coefficient (Wildman–Crippen LogP) is 3.75. The third-order valence-electron chi connectivity index (χ3n) is 3.10. The molecule has 154 valence electrons. The Morgan fingerprint density at radius 2 is 1.75 bits per heavy atom. The van der Waals surface area contributed by atoms with Gasteiger partial charge in [0.25, 0.3) is 5.91 Å². The first-order chi connectivity index (χ1) is 13.0. The number of nitrogens with one attached hydrogen (secondary N) is 1. The Kier molecular flexibility index (Phi) is 7.02. The largest absolute Gasteiger partial charge is 0.411 e. The lowest BCUT2D eigenvalue weighted by molar-refractivity contribution is -0.182. The van der Waals surface area contributed by atoms with Gasteiger partial charge in [0.05, 0.1) is 24.7 Å². The molecule has 12 heteroatoms. The maximum Gasteiger partial charge on any atom is 0.411 e. The number of carbonyl (C=O) groups excluding carboxylic acids is 1. The third kappa shape index (κ3) is 7.96. The molecule has 6 nitrogen and oxygen atoms in total. The van der Waals surface area contributed by atoms with Crippen LogP contribution in [0, 0.1) is 0 Å². The number of halogens is 6. The smallest absolute Gasteiger partial charge is 0.367 e. The van der Waals surface area contributed by atoms with Crippen molar-refractivity contribution in [2.45, 2.75) is 25.7 Å². The lowest BCUT2D eigenvalue weighted by atomic mass is 10.1. The first-order valence-electron chi connectivity index (χ1n) is 7.73. The van der Waals surface area contributed by atoms with E-state index in [4.69, 9.17) is 0 Å². The zero-order chi connectivity index (χ0) is 20.8. The minimum atomic E-state index is -4.46. The molecule has 1 aromatic carbocycles. The number of amides is 1. The monoisotopic (exact) mass is 411 g/mol. The van der Waals surface area contributed by atoms with Crippen LogP contribution in [0.5, 0.6) is 0 Å². The van der Waals surface area contributed by atoms with E-state index in [-0.39, 0.29) is 17.9 Å². The molecule has 0 aliphatic heterocycles. The Morgan fingerprint density at radius 3 is 2.43 bits per heavy atom. The van der Waals surface area contributed by atoms with Gasteiger partial charge in [-0.25, -0.2) is 4.68 Å². The number of benzene rings is 1. The van der Waals surface area contributed by atoms with Crippen LogP contribution in [0.3, 0.4) is 0 Å². The van der Waals surface area contributed by atoms with Crippen molar-refractivity contribution in [3.63, 3.8) is 0 Å². The highest BCUT2D eigenvalue weighted by Crippen LogP contribution is 2.17. The molecule has 0 fully saturated rings. The summed E-state index contributed by atoms with van der Waals surface area (Å²) in [5.74, 6) is -0.576. The molecule has 2 aromatic rings. The van der Waals surface area contributed by atoms with E-state index in [0.717, 1.165) is 4.68 Å². The fraction of sp³-hybridized carbons (Fsp3) is 0.375. The standard InChI is InChI=1S/C16H15F6N3O3/c17-15(18,19)8-27-7-11-2-1-3-12(4-11)14(26)24-13-5-23-25(6-13)10-28-9-16(20,21)22/h1-6H,7-10H2,(H,24,26). The normalized spacial score (nSPS) is 12.2. The number of aromatic nitrogens is 2. The fourth-order valence-electron chi connectivity index (χ4n) is 2.04. The van der Waals surface area contributed by atoms with Crippen molar-refractivity contribution < 1.29 is 40.6 Å². The molecule has 28 heavy (non-hydrogen) atoms. The van der Waals surface area contributed by atoms with E-state index in [9.17, 15) is 31.1 Å². The minimum absolute atomic E-state index is 0.161. The zero-order valence-electron chi connectivity index (χ0n) is 14.2. The van der Waals surface area contributed by atoms with Crippen molar-refractivity contribution in [3.05, 3.63) is 47.8 Å². The molecule has 0 spiro atoms. The van der Waals surface area contributed by atoms with Crippen LogP contribution in [-0.4, -0.2) is 41.3 Å². The van der Waals surface area contributed by atoms with E-state index in [1.807, 2.05) is 0 Å². The number of ether oxygens (including phenoxy) is 2. The molecular formula is C16H15F6N3O3. The fourth-order valence-corrected chi connectivity index (χ4v) is 2.04. The highest BCUT2D eigenvalue weighted by atomic mass is 19.4. The molecule has 0 aliphatic rings. The van der Waals surface area contributed by atoms with E-state index >= 15 is 0 Å². The second kappa shape index (κ2) is 9.06. The van der Waals surface area contributed by atoms with E-state index in [1.165, 1.54) is 36.7 Å². The van der Waals surface area contributed by atoms with Crippen molar-refractivity contribution in [2.24, 2.45) is 0 Å². The molecule has 1 amide bonds. The van der Waals surface area contributed by atoms with Gasteiger partial charge in [0.1, 0.15) is 19.9 Å². The second-order valence-corrected chi connectivity index (χ2v) is 5.62. The van der Waals surface area contributed by atoms with Crippen LogP contribution in [0.2, 0.25) is 0 Å². The van der Waals surface area contributed by atoms with E-state index in [2.05, 4.69) is 19.9 Å². The van der Waals surface area contributed by atoms with Gasteiger partial charge in [-0.05, 0) is 17.7 Å². The van der Waals surface area contributed by atoms with Crippen LogP contribution < -0.4 is 5.32 Å². The lowest BCUT2D eigenvalue weighted by Gasteiger charge is -2.09. The van der Waals surface area contributed by atoms with Gasteiger partial charge in [0.15, 0.2) is 0 Å². The van der Waals surface area contributed by atoms with Gasteiger partial charge in [0, 0.05) is 5.56 Å². The van der Waals surface area contributed by atoms with Gasteiger partial charge in [-0.2, -0.15) is 31.4 Å². The van der Waals surface area contributed by atoms with Crippen molar-refractivity contribution in [1.82, 2.24) is 9.78 Å². The van der Waals surface area contributed by atoms with E-state index in [1.54, 1.807) is 0 Å². The third-order valence-corrected chi connectivity index (χ3v) is 3.10. The number of nitrogens with zero attached hydrogens (tertiary/aromatic N) is 2. The molecule has 0 unspecified atom stereocenters. The Bertz CT molecular complexity index is 788. The topological polar surface area (TPSA) is 65.4 Å². The van der Waals surface area contributed by atoms with Crippen LogP contribution in [-0.2, 0) is 22.8 Å². The highest BCUT2D eigenvalue weighted by molar-refractivity contribution is 6.04. The van der Waals surface area contributed by atoms with Crippen molar-refractivity contribution in [3.8, 4) is 0 Å². The lowest BCUT2D eigenvalue weighted by Crippen LogP contribution is -2.18. The van der Waals surface area contributed by atoms with Crippen molar-refractivity contribution >= 4 is 11.6 Å². The summed E-state index contributed by atoms with van der Waals surface area (Å²) in [4.78, 5) is 12.2. The summed E-state index contributed by atoms with van der Waals surface area (Å²) in [5, 5.41) is 6.22. The Hall–Kier alpha value is -2.60. The zero-order valence-corrected chi connectivity index (χ0v) is 14.2. The van der Waals surface area contributed by atoms with Crippen molar-refractivity contribution in [1.29, 1.82) is 0 Å². The van der Waals surface area contributed by atoms with Gasteiger partial charge in [-0.1, -0.05) is 12.1 Å². The second-order valence-electron chi connectivity index (χ2n) is 5.62. The summed E-state index contributed by atoms with van der Waals surface area (Å²) in [5.41, 5.74) is 0.738. The summed E-state index contributed by atoms with van der Waals surface area (Å²) < 4.78 is 82.3. The molecule has 0 aliphatic carbocycles. The van der Waals surface area contributed by atoms with Crippen LogP contribution in [0.1, 0.15) is 15.9 Å². The molecular weight excluding hydrogens is 396 g/mol. The van der Waals surface area contributed by atoms with Gasteiger partial charge in [0.2, 0.25) is 0 Å². The maximum absolute atomic E-state index is 12.2. The molecule has 1 heterocycles. The molecule has 0 bridgehead atoms. The summed E-state index contributed by atoms with van der Waals surface area (Å²) >= 11 is 0. The summed E-state index contributed by atoms with van der Waals surface area (Å²) in [7, 11) is 0. The molecule has 0 radical (unpaired) electrons. The molecule has 1 aromatic heterocycles. The van der Waals surface area contributed by atoms with E-state index < -0.39 is 38.2 Å². The molecule has 0 atom stereocenters. The van der Waals surface area contributed by atoms with Gasteiger partial charge < -0.3 is 14.8 Å². The minimum Gasteiger partial charge on any atom is -0.367 e. The van der Waals surface area contributed by atoms with Gasteiger partial charge in [-0.15, -0.1) is 0 Å². The summed E-state index contributed by atoms with van der Waals surface area (Å²) in [6.07, 6.45) is -6.42. The van der Waals surface area contributed by atoms with Crippen LogP contribution in [0.4, 0.5) is 32.0 Å². The number of rotatable bonds is 8. The number of anilines is 1. The van der Waals surface area contributed by atoms with Crippen LogP contribution >= 0.6 is 0 Å². The quantitative estimate of drug-likeness (QED) is 0.672.